The number of carbonyl (C=O) groups is 1. The molecule has 0 aliphatic carbocycles. The Bertz CT molecular complexity index is 1240. The van der Waals surface area contributed by atoms with Crippen LogP contribution in [0.2, 0.25) is 10.0 Å². The number of likely N-dealkylation sites (tertiary alicyclic amines) is 1. The highest BCUT2D eigenvalue weighted by atomic mass is 35.5. The zero-order valence-corrected chi connectivity index (χ0v) is 20.3. The number of benzene rings is 2. The van der Waals surface area contributed by atoms with Gasteiger partial charge in [-0.2, -0.15) is 8.78 Å². The van der Waals surface area contributed by atoms with E-state index in [0.717, 1.165) is 37.6 Å². The summed E-state index contributed by atoms with van der Waals surface area (Å²) >= 11 is 12.0. The highest BCUT2D eigenvalue weighted by molar-refractivity contribution is 6.38. The predicted molar refractivity (Wildman–Crippen MR) is 129 cm³/mol. The lowest BCUT2D eigenvalue weighted by atomic mass is 10.0. The quantitative estimate of drug-likeness (QED) is 0.446. The molecule has 35 heavy (non-hydrogen) atoms. The average molecular weight is 525 g/mol. The van der Waals surface area contributed by atoms with E-state index in [0.29, 0.717) is 43.1 Å². The van der Waals surface area contributed by atoms with Gasteiger partial charge in [0.05, 0.1) is 5.02 Å². The number of hydrogen-bond donors (Lipinski definition) is 1. The van der Waals surface area contributed by atoms with Gasteiger partial charge in [0.15, 0.2) is 22.8 Å². The van der Waals surface area contributed by atoms with Crippen LogP contribution in [0.5, 0.6) is 11.5 Å². The first kappa shape index (κ1) is 24.2. The molecule has 1 atom stereocenters. The van der Waals surface area contributed by atoms with Crippen LogP contribution in [0.1, 0.15) is 24.2 Å². The van der Waals surface area contributed by atoms with Crippen molar-refractivity contribution in [3.8, 4) is 11.5 Å². The molecule has 3 heterocycles. The fourth-order valence-corrected chi connectivity index (χ4v) is 5.10. The predicted octanol–water partition coefficient (Wildman–Crippen LogP) is 5.43. The average Bonchev–Trinajstić information content (AvgIpc) is 3.49. The number of nitrogens with one attached hydrogen (secondary N) is 1. The van der Waals surface area contributed by atoms with Crippen LogP contribution in [0.4, 0.5) is 8.78 Å². The molecule has 1 N–H and O–H groups in total. The third-order valence-corrected chi connectivity index (χ3v) is 6.73. The standard InChI is InChI=1S/C25H24Cl2F2N2O4/c26-17-11-16-12-22(35-23(16)19(27)13-17)25(28,29)24(32)30-18(14-31-5-1-2-6-31)9-15-3-4-20-21(10-15)34-8-7-33-20/h3-4,10-13,18H,1-2,5-9,14H2,(H,30,32)/t18-/m0/s1. The van der Waals surface area contributed by atoms with Crippen LogP contribution in [0.15, 0.2) is 40.8 Å². The van der Waals surface area contributed by atoms with Gasteiger partial charge in [-0.05, 0) is 68.2 Å². The van der Waals surface area contributed by atoms with Gasteiger partial charge in [0.1, 0.15) is 13.2 Å². The number of ether oxygens (including phenoxy) is 2. The molecule has 2 aromatic carbocycles. The summed E-state index contributed by atoms with van der Waals surface area (Å²) in [6.07, 6.45) is 2.45. The number of furan rings is 1. The molecule has 0 saturated carbocycles. The van der Waals surface area contributed by atoms with E-state index < -0.39 is 23.6 Å². The normalized spacial score (nSPS) is 17.0. The van der Waals surface area contributed by atoms with E-state index in [4.69, 9.17) is 37.1 Å². The number of fused-ring (bicyclic) bond motifs is 2. The third kappa shape index (κ3) is 5.20. The molecule has 6 nitrogen and oxygen atoms in total. The number of amides is 1. The van der Waals surface area contributed by atoms with Gasteiger partial charge in [0, 0.05) is 23.0 Å². The first-order valence-electron chi connectivity index (χ1n) is 11.5. The summed E-state index contributed by atoms with van der Waals surface area (Å²) in [5.74, 6) is -4.85. The molecule has 3 aromatic rings. The number of halogens is 4. The summed E-state index contributed by atoms with van der Waals surface area (Å²) in [6.45, 7) is 3.12. The van der Waals surface area contributed by atoms with Crippen molar-refractivity contribution in [3.63, 3.8) is 0 Å². The van der Waals surface area contributed by atoms with Crippen LogP contribution in [0, 0.1) is 0 Å². The minimum atomic E-state index is -3.90. The highest BCUT2D eigenvalue weighted by Crippen LogP contribution is 2.37. The number of carbonyl (C=O) groups excluding carboxylic acids is 1. The zero-order valence-electron chi connectivity index (χ0n) is 18.8. The summed E-state index contributed by atoms with van der Waals surface area (Å²) < 4.78 is 46.9. The second-order valence-corrected chi connectivity index (χ2v) is 9.69. The largest absolute Gasteiger partial charge is 0.486 e. The number of hydrogen-bond acceptors (Lipinski definition) is 5. The van der Waals surface area contributed by atoms with Gasteiger partial charge in [-0.3, -0.25) is 4.79 Å². The Morgan fingerprint density at radius 1 is 1.06 bits per heavy atom. The molecule has 1 aromatic heterocycles. The summed E-state index contributed by atoms with van der Waals surface area (Å²) in [7, 11) is 0. The number of alkyl halides is 2. The maximum absolute atomic E-state index is 15.2. The molecule has 1 amide bonds. The van der Waals surface area contributed by atoms with Crippen LogP contribution in [0.3, 0.4) is 0 Å². The number of rotatable bonds is 7. The Balaban J connectivity index is 1.37. The van der Waals surface area contributed by atoms with E-state index in [1.54, 1.807) is 6.07 Å². The van der Waals surface area contributed by atoms with Gasteiger partial charge >= 0.3 is 5.92 Å². The van der Waals surface area contributed by atoms with Crippen molar-refractivity contribution in [2.75, 3.05) is 32.8 Å². The lowest BCUT2D eigenvalue weighted by molar-refractivity contribution is -0.150. The lowest BCUT2D eigenvalue weighted by Gasteiger charge is -2.26. The van der Waals surface area contributed by atoms with E-state index in [2.05, 4.69) is 10.2 Å². The maximum atomic E-state index is 15.2. The minimum absolute atomic E-state index is 0.0587. The highest BCUT2D eigenvalue weighted by Gasteiger charge is 2.45. The van der Waals surface area contributed by atoms with Crippen LogP contribution in [-0.4, -0.2) is 49.7 Å². The Labute approximate surface area is 211 Å². The molecule has 10 heteroatoms. The topological polar surface area (TPSA) is 63.9 Å². The summed E-state index contributed by atoms with van der Waals surface area (Å²) in [6, 6.07) is 8.91. The van der Waals surface area contributed by atoms with Gasteiger partial charge in [-0.25, -0.2) is 0 Å². The molecular weight excluding hydrogens is 501 g/mol. The monoisotopic (exact) mass is 524 g/mol. The number of nitrogens with zero attached hydrogens (tertiary/aromatic N) is 1. The maximum Gasteiger partial charge on any atom is 0.380 e. The van der Waals surface area contributed by atoms with E-state index in [1.807, 2.05) is 12.1 Å². The summed E-state index contributed by atoms with van der Waals surface area (Å²) in [5, 5.41) is 3.24. The fraction of sp³-hybridized carbons (Fsp3) is 0.400. The molecule has 0 unspecified atom stereocenters. The van der Waals surface area contributed by atoms with Crippen LogP contribution >= 0.6 is 23.2 Å². The molecule has 0 bridgehead atoms. The second-order valence-electron chi connectivity index (χ2n) is 8.85. The van der Waals surface area contributed by atoms with Gasteiger partial charge < -0.3 is 24.1 Å². The van der Waals surface area contributed by atoms with Crippen LogP contribution in [-0.2, 0) is 17.1 Å². The Kier molecular flexibility index (Phi) is 6.79. The van der Waals surface area contributed by atoms with E-state index in [-0.39, 0.29) is 15.6 Å². The molecule has 186 valence electrons. The second kappa shape index (κ2) is 9.84. The fourth-order valence-electron chi connectivity index (χ4n) is 4.56. The Hall–Kier alpha value is -2.55. The van der Waals surface area contributed by atoms with Gasteiger partial charge in [0.25, 0.3) is 5.91 Å². The molecule has 1 saturated heterocycles. The van der Waals surface area contributed by atoms with Crippen LogP contribution < -0.4 is 14.8 Å². The molecule has 0 spiro atoms. The smallest absolute Gasteiger partial charge is 0.380 e. The van der Waals surface area contributed by atoms with Crippen molar-refractivity contribution in [1.82, 2.24) is 10.2 Å². The lowest BCUT2D eigenvalue weighted by Crippen LogP contribution is -2.49. The van der Waals surface area contributed by atoms with Crippen molar-refractivity contribution in [2.24, 2.45) is 0 Å². The van der Waals surface area contributed by atoms with Crippen molar-refractivity contribution < 1.29 is 27.5 Å². The van der Waals surface area contributed by atoms with Crippen molar-refractivity contribution in [1.29, 1.82) is 0 Å². The van der Waals surface area contributed by atoms with Gasteiger partial charge in [-0.15, -0.1) is 0 Å². The Morgan fingerprint density at radius 3 is 2.57 bits per heavy atom. The Morgan fingerprint density at radius 2 is 1.80 bits per heavy atom. The molecule has 5 rings (SSSR count). The van der Waals surface area contributed by atoms with E-state index in [1.165, 1.54) is 12.1 Å². The van der Waals surface area contributed by atoms with E-state index in [9.17, 15) is 4.79 Å². The van der Waals surface area contributed by atoms with Gasteiger partial charge in [-0.1, -0.05) is 29.3 Å². The molecular formula is C25H24Cl2F2N2O4. The zero-order chi connectivity index (χ0) is 24.6. The van der Waals surface area contributed by atoms with Gasteiger partial charge in [0.2, 0.25) is 0 Å². The van der Waals surface area contributed by atoms with Crippen molar-refractivity contribution in [3.05, 3.63) is 57.8 Å². The van der Waals surface area contributed by atoms with Crippen molar-refractivity contribution in [2.45, 2.75) is 31.2 Å². The third-order valence-electron chi connectivity index (χ3n) is 6.23. The minimum Gasteiger partial charge on any atom is -0.486 e. The first-order chi connectivity index (χ1) is 16.8. The summed E-state index contributed by atoms with van der Waals surface area (Å²) in [4.78, 5) is 15.0. The molecule has 2 aliphatic rings. The van der Waals surface area contributed by atoms with Crippen molar-refractivity contribution >= 4 is 40.1 Å². The molecule has 0 radical (unpaired) electrons. The van der Waals surface area contributed by atoms with Crippen LogP contribution in [0.25, 0.3) is 11.0 Å². The first-order valence-corrected chi connectivity index (χ1v) is 12.2. The molecule has 1 fully saturated rings. The SMILES string of the molecule is O=C(N[C@@H](Cc1ccc2c(c1)OCCO2)CN1CCCC1)C(F)(F)c1cc2cc(Cl)cc(Cl)c2o1. The van der Waals surface area contributed by atoms with E-state index >= 15 is 8.78 Å². The summed E-state index contributed by atoms with van der Waals surface area (Å²) in [5.41, 5.74) is 0.913. The molecule has 2 aliphatic heterocycles.